The zero-order valence-corrected chi connectivity index (χ0v) is 18.4. The number of nitrogens with zero attached hydrogens (tertiary/aromatic N) is 1. The maximum atomic E-state index is 12.3. The standard InChI is InChI=1S/C22H20ClN3O4S/c1-15(25-26-31(28,29)21-13-7-18(23)8-14-21)16-3-9-19(10-4-16)24-22(27)17-5-11-20(30-2)12-6-17/h3-14,26H,1-2H3,(H,24,27)/b25-15-. The number of sulfonamides is 1. The number of methoxy groups -OCH3 is 1. The molecule has 3 aromatic rings. The molecule has 0 aliphatic heterocycles. The Labute approximate surface area is 185 Å². The summed E-state index contributed by atoms with van der Waals surface area (Å²) in [5.41, 5.74) is 2.25. The molecule has 0 bridgehead atoms. The third-order valence-corrected chi connectivity index (χ3v) is 5.85. The number of rotatable bonds is 7. The molecule has 0 aliphatic carbocycles. The van der Waals surface area contributed by atoms with Gasteiger partial charge in [0.15, 0.2) is 0 Å². The highest BCUT2D eigenvalue weighted by Crippen LogP contribution is 2.16. The van der Waals surface area contributed by atoms with Crippen molar-refractivity contribution in [2.24, 2.45) is 5.10 Å². The van der Waals surface area contributed by atoms with Crippen LogP contribution in [-0.2, 0) is 10.0 Å². The van der Waals surface area contributed by atoms with E-state index in [9.17, 15) is 13.2 Å². The van der Waals surface area contributed by atoms with Crippen LogP contribution in [0.3, 0.4) is 0 Å². The van der Waals surface area contributed by atoms with Gasteiger partial charge < -0.3 is 10.1 Å². The highest BCUT2D eigenvalue weighted by atomic mass is 35.5. The summed E-state index contributed by atoms with van der Waals surface area (Å²) in [4.78, 5) is 14.6. The van der Waals surface area contributed by atoms with Gasteiger partial charge in [-0.2, -0.15) is 18.4 Å². The van der Waals surface area contributed by atoms with Crippen LogP contribution in [0.25, 0.3) is 0 Å². The number of hydrogen-bond donors (Lipinski definition) is 2. The van der Waals surface area contributed by atoms with Gasteiger partial charge in [0.25, 0.3) is 15.9 Å². The summed E-state index contributed by atoms with van der Waals surface area (Å²) >= 11 is 5.79. The quantitative estimate of drug-likeness (QED) is 0.408. The molecule has 0 atom stereocenters. The van der Waals surface area contributed by atoms with E-state index in [1.54, 1.807) is 62.6 Å². The SMILES string of the molecule is COc1ccc(C(=O)Nc2ccc(/C(C)=N\NS(=O)(=O)c3ccc(Cl)cc3)cc2)cc1. The Kier molecular flexibility index (Phi) is 6.94. The summed E-state index contributed by atoms with van der Waals surface area (Å²) in [5, 5.41) is 7.21. The molecule has 0 aliphatic rings. The van der Waals surface area contributed by atoms with E-state index in [1.165, 1.54) is 24.3 Å². The van der Waals surface area contributed by atoms with Gasteiger partial charge in [-0.15, -0.1) is 0 Å². The lowest BCUT2D eigenvalue weighted by molar-refractivity contribution is 0.102. The summed E-state index contributed by atoms with van der Waals surface area (Å²) < 4.78 is 29.7. The van der Waals surface area contributed by atoms with Crippen LogP contribution in [0, 0.1) is 0 Å². The van der Waals surface area contributed by atoms with E-state index in [2.05, 4.69) is 15.2 Å². The van der Waals surface area contributed by atoms with E-state index < -0.39 is 10.0 Å². The van der Waals surface area contributed by atoms with Gasteiger partial charge in [-0.25, -0.2) is 0 Å². The van der Waals surface area contributed by atoms with Gasteiger partial charge in [-0.3, -0.25) is 4.79 Å². The molecule has 0 aromatic heterocycles. The molecule has 3 rings (SSSR count). The molecule has 0 spiro atoms. The summed E-state index contributed by atoms with van der Waals surface area (Å²) in [7, 11) is -2.24. The lowest BCUT2D eigenvalue weighted by Gasteiger charge is -2.08. The van der Waals surface area contributed by atoms with Gasteiger partial charge >= 0.3 is 0 Å². The second-order valence-corrected chi connectivity index (χ2v) is 8.60. The maximum Gasteiger partial charge on any atom is 0.276 e. The van der Waals surface area contributed by atoms with E-state index in [0.29, 0.717) is 33.3 Å². The smallest absolute Gasteiger partial charge is 0.276 e. The highest BCUT2D eigenvalue weighted by molar-refractivity contribution is 7.89. The first-order valence-corrected chi connectivity index (χ1v) is 11.0. The first-order chi connectivity index (χ1) is 14.8. The largest absolute Gasteiger partial charge is 0.497 e. The average Bonchev–Trinajstić information content (AvgIpc) is 2.78. The minimum absolute atomic E-state index is 0.0602. The number of carbonyl (C=O) groups is 1. The van der Waals surface area contributed by atoms with E-state index in [0.717, 1.165) is 0 Å². The summed E-state index contributed by atoms with van der Waals surface area (Å²) in [5.74, 6) is 0.416. The number of anilines is 1. The monoisotopic (exact) mass is 457 g/mol. The first-order valence-electron chi connectivity index (χ1n) is 9.16. The van der Waals surface area contributed by atoms with Crippen LogP contribution in [0.15, 0.2) is 82.8 Å². The second kappa shape index (κ2) is 9.63. The topological polar surface area (TPSA) is 96.9 Å². The van der Waals surface area contributed by atoms with Crippen molar-refractivity contribution >= 4 is 38.9 Å². The van der Waals surface area contributed by atoms with Crippen molar-refractivity contribution in [1.29, 1.82) is 0 Å². The predicted molar refractivity (Wildman–Crippen MR) is 121 cm³/mol. The zero-order chi connectivity index (χ0) is 22.4. The van der Waals surface area contributed by atoms with E-state index >= 15 is 0 Å². The van der Waals surface area contributed by atoms with Crippen molar-refractivity contribution < 1.29 is 17.9 Å². The molecule has 3 aromatic carbocycles. The normalized spacial score (nSPS) is 11.6. The number of benzene rings is 3. The summed E-state index contributed by atoms with van der Waals surface area (Å²) in [6.45, 7) is 1.68. The number of nitrogens with one attached hydrogen (secondary N) is 2. The summed E-state index contributed by atoms with van der Waals surface area (Å²) in [6, 6.07) is 19.4. The van der Waals surface area contributed by atoms with E-state index in [1.807, 2.05) is 0 Å². The van der Waals surface area contributed by atoms with E-state index in [4.69, 9.17) is 16.3 Å². The Balaban J connectivity index is 1.65. The van der Waals surface area contributed by atoms with Crippen molar-refractivity contribution in [3.63, 3.8) is 0 Å². The maximum absolute atomic E-state index is 12.3. The fourth-order valence-corrected chi connectivity index (χ4v) is 3.58. The molecule has 31 heavy (non-hydrogen) atoms. The number of ether oxygens (including phenoxy) is 1. The molecule has 0 fully saturated rings. The van der Waals surface area contributed by atoms with Crippen molar-refractivity contribution in [2.45, 2.75) is 11.8 Å². The van der Waals surface area contributed by atoms with Crippen molar-refractivity contribution in [3.8, 4) is 5.75 Å². The van der Waals surface area contributed by atoms with Crippen LogP contribution in [0.4, 0.5) is 5.69 Å². The predicted octanol–water partition coefficient (Wildman–Crippen LogP) is 4.30. The van der Waals surface area contributed by atoms with Crippen LogP contribution in [0.5, 0.6) is 5.75 Å². The minimum Gasteiger partial charge on any atom is -0.497 e. The first kappa shape index (κ1) is 22.3. The van der Waals surface area contributed by atoms with Crippen LogP contribution in [-0.4, -0.2) is 27.1 Å². The number of hydrogen-bond acceptors (Lipinski definition) is 5. The molecule has 0 heterocycles. The Bertz CT molecular complexity index is 1190. The Morgan fingerprint density at radius 1 is 0.903 bits per heavy atom. The molecule has 7 nitrogen and oxygen atoms in total. The molecular formula is C22H20ClN3O4S. The lowest BCUT2D eigenvalue weighted by atomic mass is 10.1. The van der Waals surface area contributed by atoms with Gasteiger partial charge in [-0.1, -0.05) is 23.7 Å². The molecule has 9 heteroatoms. The molecule has 0 saturated heterocycles. The van der Waals surface area contributed by atoms with Crippen molar-refractivity contribution in [3.05, 3.63) is 88.9 Å². The Hall–Kier alpha value is -3.36. The molecule has 0 unspecified atom stereocenters. The third kappa shape index (κ3) is 5.84. The van der Waals surface area contributed by atoms with Crippen molar-refractivity contribution in [1.82, 2.24) is 4.83 Å². The molecule has 1 amide bonds. The Morgan fingerprint density at radius 2 is 1.48 bits per heavy atom. The van der Waals surface area contributed by atoms with E-state index in [-0.39, 0.29) is 10.8 Å². The molecule has 0 saturated carbocycles. The third-order valence-electron chi connectivity index (χ3n) is 4.37. The lowest BCUT2D eigenvalue weighted by Crippen LogP contribution is -2.20. The fourth-order valence-electron chi connectivity index (χ4n) is 2.60. The molecular weight excluding hydrogens is 438 g/mol. The number of amides is 1. The fraction of sp³-hybridized carbons (Fsp3) is 0.0909. The molecule has 2 N–H and O–H groups in total. The van der Waals surface area contributed by atoms with Gasteiger partial charge in [0, 0.05) is 16.3 Å². The van der Waals surface area contributed by atoms with Gasteiger partial charge in [0.1, 0.15) is 5.75 Å². The Morgan fingerprint density at radius 3 is 2.06 bits per heavy atom. The zero-order valence-electron chi connectivity index (χ0n) is 16.8. The minimum atomic E-state index is -3.80. The van der Waals surface area contributed by atoms with Gasteiger partial charge in [0.05, 0.1) is 17.7 Å². The van der Waals surface area contributed by atoms with Gasteiger partial charge in [-0.05, 0) is 73.2 Å². The number of hydrazone groups is 1. The van der Waals surface area contributed by atoms with Crippen LogP contribution >= 0.6 is 11.6 Å². The van der Waals surface area contributed by atoms with Crippen LogP contribution in [0.2, 0.25) is 5.02 Å². The van der Waals surface area contributed by atoms with Crippen LogP contribution in [0.1, 0.15) is 22.8 Å². The molecule has 0 radical (unpaired) electrons. The summed E-state index contributed by atoms with van der Waals surface area (Å²) in [6.07, 6.45) is 0. The number of halogens is 1. The molecule has 160 valence electrons. The van der Waals surface area contributed by atoms with Gasteiger partial charge in [0.2, 0.25) is 0 Å². The average molecular weight is 458 g/mol. The van der Waals surface area contributed by atoms with Crippen molar-refractivity contribution in [2.75, 3.05) is 12.4 Å². The van der Waals surface area contributed by atoms with Crippen LogP contribution < -0.4 is 14.9 Å². The number of carbonyl (C=O) groups excluding carboxylic acids is 1. The second-order valence-electron chi connectivity index (χ2n) is 6.51. The highest BCUT2D eigenvalue weighted by Gasteiger charge is 2.13.